The van der Waals surface area contributed by atoms with Crippen molar-refractivity contribution >= 4 is 45.9 Å². The largest absolute Gasteiger partial charge is 0.143 e. The van der Waals surface area contributed by atoms with Gasteiger partial charge in [0.25, 0.3) is 0 Å². The molecule has 2 aromatic heterocycles. The Morgan fingerprint density at radius 2 is 1.57 bits per heavy atom. The third-order valence-corrected chi connectivity index (χ3v) is 6.86. The summed E-state index contributed by atoms with van der Waals surface area (Å²) in [6.45, 7) is 2.32. The number of benzene rings is 1. The molecule has 0 saturated heterocycles. The highest BCUT2D eigenvalue weighted by Crippen LogP contribution is 2.55. The lowest BCUT2D eigenvalue weighted by Gasteiger charge is -2.26. The highest BCUT2D eigenvalue weighted by Gasteiger charge is 2.41. The molecule has 106 valence electrons. The molecule has 2 heterocycles. The normalized spacial score (nSPS) is 15.0. The predicted octanol–water partition coefficient (Wildman–Crippen LogP) is 6.65. The molecule has 0 amide bonds. The first-order valence-electron chi connectivity index (χ1n) is 6.70. The summed E-state index contributed by atoms with van der Waals surface area (Å²) in [4.78, 5) is 2.85. The van der Waals surface area contributed by atoms with Gasteiger partial charge in [0.05, 0.1) is 0 Å². The number of rotatable bonds is 2. The highest BCUT2D eigenvalue weighted by atomic mass is 35.5. The molecular weight excluding hydrogens is 339 g/mol. The van der Waals surface area contributed by atoms with Crippen molar-refractivity contribution in [2.24, 2.45) is 0 Å². The molecule has 1 aliphatic rings. The summed E-state index contributed by atoms with van der Waals surface area (Å²) in [7, 11) is 0. The molecule has 0 saturated carbocycles. The number of halogens is 2. The maximum absolute atomic E-state index is 6.39. The van der Waals surface area contributed by atoms with Crippen molar-refractivity contribution in [2.45, 2.75) is 18.8 Å². The lowest BCUT2D eigenvalue weighted by atomic mass is 9.76. The van der Waals surface area contributed by atoms with E-state index in [0.29, 0.717) is 5.02 Å². The van der Waals surface area contributed by atoms with E-state index in [1.807, 2.05) is 40.9 Å². The fourth-order valence-electron chi connectivity index (χ4n) is 3.22. The van der Waals surface area contributed by atoms with Crippen LogP contribution in [0.4, 0.5) is 0 Å². The molecule has 0 spiro atoms. The van der Waals surface area contributed by atoms with Gasteiger partial charge < -0.3 is 0 Å². The Labute approximate surface area is 142 Å². The summed E-state index contributed by atoms with van der Waals surface area (Å²) in [6, 6.07) is 10.3. The summed E-state index contributed by atoms with van der Waals surface area (Å²) in [5, 5.41) is 5.82. The van der Waals surface area contributed by atoms with Crippen molar-refractivity contribution in [3.8, 4) is 9.75 Å². The standard InChI is InChI=1S/C17H12Cl2S2/c1-17(9-10-2-3-11(18)8-14(10)19)12-4-6-20-15(12)16-13(17)5-7-21-16/h2-8H,9H2,1H3. The Hall–Kier alpha value is -0.800. The van der Waals surface area contributed by atoms with Gasteiger partial charge >= 0.3 is 0 Å². The van der Waals surface area contributed by atoms with Gasteiger partial charge in [-0.3, -0.25) is 0 Å². The number of fused-ring (bicyclic) bond motifs is 3. The van der Waals surface area contributed by atoms with Crippen molar-refractivity contribution in [1.29, 1.82) is 0 Å². The van der Waals surface area contributed by atoms with Crippen LogP contribution in [0.5, 0.6) is 0 Å². The second kappa shape index (κ2) is 4.85. The van der Waals surface area contributed by atoms with Crippen molar-refractivity contribution in [1.82, 2.24) is 0 Å². The second-order valence-corrected chi connectivity index (χ2v) is 8.25. The molecule has 0 bridgehead atoms. The van der Waals surface area contributed by atoms with E-state index in [-0.39, 0.29) is 5.41 Å². The quantitative estimate of drug-likeness (QED) is 0.485. The first kappa shape index (κ1) is 13.8. The van der Waals surface area contributed by atoms with Gasteiger partial charge in [-0.1, -0.05) is 36.2 Å². The van der Waals surface area contributed by atoms with Gasteiger partial charge in [-0.25, -0.2) is 0 Å². The van der Waals surface area contributed by atoms with Gasteiger partial charge in [-0.05, 0) is 58.1 Å². The smallest absolute Gasteiger partial charge is 0.0486 e. The lowest BCUT2D eigenvalue weighted by molar-refractivity contribution is 0.585. The molecule has 0 unspecified atom stereocenters. The van der Waals surface area contributed by atoms with E-state index >= 15 is 0 Å². The van der Waals surface area contributed by atoms with Crippen molar-refractivity contribution in [2.75, 3.05) is 0 Å². The van der Waals surface area contributed by atoms with Gasteiger partial charge in [0, 0.05) is 25.2 Å². The molecule has 4 rings (SSSR count). The molecule has 21 heavy (non-hydrogen) atoms. The van der Waals surface area contributed by atoms with Crippen LogP contribution in [0, 0.1) is 0 Å². The number of thiophene rings is 2. The van der Waals surface area contributed by atoms with Crippen LogP contribution < -0.4 is 0 Å². The van der Waals surface area contributed by atoms with Crippen LogP contribution in [0.3, 0.4) is 0 Å². The van der Waals surface area contributed by atoms with Crippen molar-refractivity contribution in [3.05, 3.63) is 67.8 Å². The minimum Gasteiger partial charge on any atom is -0.143 e. The van der Waals surface area contributed by atoms with Gasteiger partial charge in [0.1, 0.15) is 0 Å². The van der Waals surface area contributed by atoms with Crippen LogP contribution in [0.15, 0.2) is 41.1 Å². The van der Waals surface area contributed by atoms with E-state index in [2.05, 4.69) is 29.8 Å². The zero-order valence-electron chi connectivity index (χ0n) is 11.3. The molecule has 1 aliphatic carbocycles. The molecular formula is C17H12Cl2S2. The van der Waals surface area contributed by atoms with Gasteiger partial charge in [-0.2, -0.15) is 0 Å². The Balaban J connectivity index is 1.85. The van der Waals surface area contributed by atoms with Crippen molar-refractivity contribution in [3.63, 3.8) is 0 Å². The van der Waals surface area contributed by atoms with Crippen LogP contribution in [0.1, 0.15) is 23.6 Å². The molecule has 4 heteroatoms. The van der Waals surface area contributed by atoms with Crippen LogP contribution in [-0.4, -0.2) is 0 Å². The van der Waals surface area contributed by atoms with E-state index < -0.39 is 0 Å². The average Bonchev–Trinajstić information content (AvgIpc) is 3.11. The van der Waals surface area contributed by atoms with E-state index in [1.54, 1.807) is 0 Å². The summed E-state index contributed by atoms with van der Waals surface area (Å²) >= 11 is 16.1. The van der Waals surface area contributed by atoms with Crippen LogP contribution >= 0.6 is 45.9 Å². The Bertz CT molecular complexity index is 789. The molecule has 0 radical (unpaired) electrons. The maximum atomic E-state index is 6.39. The lowest BCUT2D eigenvalue weighted by Crippen LogP contribution is -2.23. The van der Waals surface area contributed by atoms with Crippen molar-refractivity contribution < 1.29 is 0 Å². The number of hydrogen-bond acceptors (Lipinski definition) is 2. The van der Waals surface area contributed by atoms with Gasteiger partial charge in [-0.15, -0.1) is 22.7 Å². The first-order valence-corrected chi connectivity index (χ1v) is 9.21. The minimum atomic E-state index is 0.00212. The zero-order valence-corrected chi connectivity index (χ0v) is 14.5. The molecule has 0 nitrogen and oxygen atoms in total. The van der Waals surface area contributed by atoms with E-state index in [0.717, 1.165) is 17.0 Å². The first-order chi connectivity index (χ1) is 10.1. The third kappa shape index (κ3) is 2.01. The summed E-state index contributed by atoms with van der Waals surface area (Å²) in [6.07, 6.45) is 0.899. The third-order valence-electron chi connectivity index (χ3n) is 4.28. The molecule has 0 fully saturated rings. The van der Waals surface area contributed by atoms with Crippen LogP contribution in [0.2, 0.25) is 10.0 Å². The summed E-state index contributed by atoms with van der Waals surface area (Å²) in [5.74, 6) is 0. The molecule has 0 N–H and O–H groups in total. The average molecular weight is 351 g/mol. The molecule has 0 atom stereocenters. The fourth-order valence-corrected chi connectivity index (χ4v) is 5.94. The summed E-state index contributed by atoms with van der Waals surface area (Å²) < 4.78 is 0. The second-order valence-electron chi connectivity index (χ2n) is 5.57. The highest BCUT2D eigenvalue weighted by molar-refractivity contribution is 7.21. The minimum absolute atomic E-state index is 0.00212. The molecule has 1 aromatic carbocycles. The van der Waals surface area contributed by atoms with Crippen LogP contribution in [-0.2, 0) is 11.8 Å². The molecule has 0 aliphatic heterocycles. The Kier molecular flexibility index (Phi) is 3.20. The predicted molar refractivity (Wildman–Crippen MR) is 94.3 cm³/mol. The fraction of sp³-hybridized carbons (Fsp3) is 0.176. The zero-order chi connectivity index (χ0) is 14.6. The van der Waals surface area contributed by atoms with E-state index in [1.165, 1.54) is 20.9 Å². The number of hydrogen-bond donors (Lipinski definition) is 0. The molecule has 3 aromatic rings. The Morgan fingerprint density at radius 1 is 0.952 bits per heavy atom. The van der Waals surface area contributed by atoms with Crippen LogP contribution in [0.25, 0.3) is 9.75 Å². The van der Waals surface area contributed by atoms with Gasteiger partial charge in [0.15, 0.2) is 0 Å². The Morgan fingerprint density at radius 3 is 2.14 bits per heavy atom. The SMILES string of the molecule is CC1(Cc2ccc(Cl)cc2Cl)c2ccsc2-c2sccc21. The maximum Gasteiger partial charge on any atom is 0.0486 e. The van der Waals surface area contributed by atoms with E-state index in [9.17, 15) is 0 Å². The topological polar surface area (TPSA) is 0 Å². The van der Waals surface area contributed by atoms with E-state index in [4.69, 9.17) is 23.2 Å². The van der Waals surface area contributed by atoms with Gasteiger partial charge in [0.2, 0.25) is 0 Å². The summed E-state index contributed by atoms with van der Waals surface area (Å²) in [5.41, 5.74) is 4.02. The monoisotopic (exact) mass is 350 g/mol.